The summed E-state index contributed by atoms with van der Waals surface area (Å²) in [6.45, 7) is 11.5. The second-order valence-electron chi connectivity index (χ2n) is 6.11. The molecule has 21 heavy (non-hydrogen) atoms. The Bertz CT molecular complexity index is 437. The molecule has 1 atom stereocenters. The maximum atomic E-state index is 6.06. The van der Waals surface area contributed by atoms with Gasteiger partial charge >= 0.3 is 0 Å². The summed E-state index contributed by atoms with van der Waals surface area (Å²) >= 11 is 0. The van der Waals surface area contributed by atoms with Crippen LogP contribution in [0.2, 0.25) is 0 Å². The molecule has 0 saturated carbocycles. The van der Waals surface area contributed by atoms with Crippen molar-refractivity contribution in [2.75, 3.05) is 6.61 Å². The van der Waals surface area contributed by atoms with E-state index in [4.69, 9.17) is 4.74 Å². The summed E-state index contributed by atoms with van der Waals surface area (Å²) in [6.07, 6.45) is 5.46. The summed E-state index contributed by atoms with van der Waals surface area (Å²) in [6, 6.07) is 2.80. The van der Waals surface area contributed by atoms with Crippen molar-refractivity contribution in [3.05, 3.63) is 17.5 Å². The van der Waals surface area contributed by atoms with Crippen molar-refractivity contribution < 1.29 is 4.74 Å². The molecule has 1 N–H and O–H groups in total. The van der Waals surface area contributed by atoms with Crippen molar-refractivity contribution in [3.8, 4) is 0 Å². The lowest BCUT2D eigenvalue weighted by Gasteiger charge is -2.40. The standard InChI is InChI=1S/C17H31N3O/c1-5-14-11-16(20(8-4)19-14)13-18-15-9-10-21-17(6-2,7-3)12-15/h11,15,18H,5-10,12-13H2,1-4H3. The van der Waals surface area contributed by atoms with Gasteiger partial charge in [0.1, 0.15) is 0 Å². The van der Waals surface area contributed by atoms with Gasteiger partial charge in [0.25, 0.3) is 0 Å². The summed E-state index contributed by atoms with van der Waals surface area (Å²) in [5.41, 5.74) is 2.59. The number of rotatable bonds is 7. The van der Waals surface area contributed by atoms with Gasteiger partial charge in [0.05, 0.1) is 17.0 Å². The average Bonchev–Trinajstić information content (AvgIpc) is 2.95. The van der Waals surface area contributed by atoms with Crippen molar-refractivity contribution in [3.63, 3.8) is 0 Å². The first kappa shape index (κ1) is 16.5. The van der Waals surface area contributed by atoms with E-state index in [1.807, 2.05) is 0 Å². The van der Waals surface area contributed by atoms with Crippen molar-refractivity contribution in [2.24, 2.45) is 0 Å². The van der Waals surface area contributed by atoms with Crippen LogP contribution in [0.3, 0.4) is 0 Å². The van der Waals surface area contributed by atoms with Gasteiger partial charge in [-0.3, -0.25) is 4.68 Å². The maximum Gasteiger partial charge on any atom is 0.0692 e. The van der Waals surface area contributed by atoms with E-state index in [-0.39, 0.29) is 5.60 Å². The van der Waals surface area contributed by atoms with Crippen molar-refractivity contribution in [2.45, 2.75) is 84.5 Å². The maximum absolute atomic E-state index is 6.06. The fourth-order valence-corrected chi connectivity index (χ4v) is 3.30. The lowest BCUT2D eigenvalue weighted by Crippen LogP contribution is -2.46. The number of aryl methyl sites for hydroxylation is 2. The summed E-state index contributed by atoms with van der Waals surface area (Å²) in [5.74, 6) is 0. The van der Waals surface area contributed by atoms with Gasteiger partial charge in [0.15, 0.2) is 0 Å². The normalized spacial score (nSPS) is 21.6. The highest BCUT2D eigenvalue weighted by Crippen LogP contribution is 2.31. The number of nitrogens with one attached hydrogen (secondary N) is 1. The van der Waals surface area contributed by atoms with Crippen LogP contribution in [0.5, 0.6) is 0 Å². The molecule has 0 amide bonds. The topological polar surface area (TPSA) is 39.1 Å². The van der Waals surface area contributed by atoms with Crippen LogP contribution < -0.4 is 5.32 Å². The van der Waals surface area contributed by atoms with Crippen LogP contribution in [0, 0.1) is 0 Å². The molecule has 120 valence electrons. The summed E-state index contributed by atoms with van der Waals surface area (Å²) in [5, 5.41) is 8.36. The molecule has 0 spiro atoms. The van der Waals surface area contributed by atoms with E-state index in [2.05, 4.69) is 48.9 Å². The third-order valence-corrected chi connectivity index (χ3v) is 4.93. The fourth-order valence-electron chi connectivity index (χ4n) is 3.30. The van der Waals surface area contributed by atoms with Crippen LogP contribution in [0.25, 0.3) is 0 Å². The number of hydrogen-bond acceptors (Lipinski definition) is 3. The lowest BCUT2D eigenvalue weighted by molar-refractivity contribution is -0.0932. The van der Waals surface area contributed by atoms with E-state index in [1.165, 1.54) is 11.4 Å². The van der Waals surface area contributed by atoms with Gasteiger partial charge in [-0.15, -0.1) is 0 Å². The Labute approximate surface area is 129 Å². The minimum Gasteiger partial charge on any atom is -0.375 e. The molecule has 0 bridgehead atoms. The second kappa shape index (κ2) is 7.41. The van der Waals surface area contributed by atoms with Gasteiger partial charge in [-0.05, 0) is 45.1 Å². The minimum absolute atomic E-state index is 0.0928. The zero-order valence-corrected chi connectivity index (χ0v) is 14.1. The van der Waals surface area contributed by atoms with Gasteiger partial charge in [-0.2, -0.15) is 5.10 Å². The molecule has 4 heteroatoms. The van der Waals surface area contributed by atoms with E-state index < -0.39 is 0 Å². The summed E-state index contributed by atoms with van der Waals surface area (Å²) in [4.78, 5) is 0. The third kappa shape index (κ3) is 3.86. The number of aromatic nitrogens is 2. The number of hydrogen-bond donors (Lipinski definition) is 1. The number of ether oxygens (including phenoxy) is 1. The Balaban J connectivity index is 1.95. The first-order valence-corrected chi connectivity index (χ1v) is 8.59. The molecular weight excluding hydrogens is 262 g/mol. The minimum atomic E-state index is 0.0928. The highest BCUT2D eigenvalue weighted by molar-refractivity contribution is 5.10. The Hall–Kier alpha value is -0.870. The molecule has 1 aliphatic rings. The van der Waals surface area contributed by atoms with E-state index in [0.717, 1.165) is 51.8 Å². The Morgan fingerprint density at radius 2 is 2.10 bits per heavy atom. The lowest BCUT2D eigenvalue weighted by atomic mass is 9.86. The Morgan fingerprint density at radius 1 is 1.33 bits per heavy atom. The predicted octanol–water partition coefficient (Wildman–Crippen LogP) is 3.29. The fraction of sp³-hybridized carbons (Fsp3) is 0.824. The molecule has 1 unspecified atom stereocenters. The number of nitrogens with zero attached hydrogens (tertiary/aromatic N) is 2. The van der Waals surface area contributed by atoms with Crippen LogP contribution in [0.1, 0.15) is 64.8 Å². The van der Waals surface area contributed by atoms with Gasteiger partial charge in [-0.25, -0.2) is 0 Å². The first-order valence-electron chi connectivity index (χ1n) is 8.59. The van der Waals surface area contributed by atoms with Crippen LogP contribution in [0.15, 0.2) is 6.07 Å². The molecule has 0 aromatic carbocycles. The molecule has 2 heterocycles. The molecule has 0 radical (unpaired) electrons. The first-order chi connectivity index (χ1) is 10.2. The Morgan fingerprint density at radius 3 is 2.71 bits per heavy atom. The Kier molecular flexibility index (Phi) is 5.82. The molecule has 1 aromatic heterocycles. The molecule has 2 rings (SSSR count). The zero-order chi connectivity index (χ0) is 15.3. The second-order valence-corrected chi connectivity index (χ2v) is 6.11. The van der Waals surface area contributed by atoms with Gasteiger partial charge in [0.2, 0.25) is 0 Å². The van der Waals surface area contributed by atoms with Crippen LogP contribution in [0.4, 0.5) is 0 Å². The van der Waals surface area contributed by atoms with Gasteiger partial charge in [0, 0.05) is 25.7 Å². The molecule has 1 saturated heterocycles. The third-order valence-electron chi connectivity index (χ3n) is 4.93. The smallest absolute Gasteiger partial charge is 0.0692 e. The summed E-state index contributed by atoms with van der Waals surface area (Å²) < 4.78 is 8.18. The van der Waals surface area contributed by atoms with Crippen molar-refractivity contribution >= 4 is 0 Å². The quantitative estimate of drug-likeness (QED) is 0.838. The van der Waals surface area contributed by atoms with Crippen LogP contribution in [-0.2, 0) is 24.2 Å². The van der Waals surface area contributed by atoms with Crippen LogP contribution >= 0.6 is 0 Å². The molecular formula is C17H31N3O. The van der Waals surface area contributed by atoms with Crippen molar-refractivity contribution in [1.82, 2.24) is 15.1 Å². The van der Waals surface area contributed by atoms with E-state index in [9.17, 15) is 0 Å². The summed E-state index contributed by atoms with van der Waals surface area (Å²) in [7, 11) is 0. The predicted molar refractivity (Wildman–Crippen MR) is 86.4 cm³/mol. The monoisotopic (exact) mass is 293 g/mol. The highest BCUT2D eigenvalue weighted by atomic mass is 16.5. The average molecular weight is 293 g/mol. The molecule has 1 aliphatic heterocycles. The molecule has 1 fully saturated rings. The van der Waals surface area contributed by atoms with Crippen molar-refractivity contribution in [1.29, 1.82) is 0 Å². The largest absolute Gasteiger partial charge is 0.375 e. The van der Waals surface area contributed by atoms with E-state index in [1.54, 1.807) is 0 Å². The molecule has 0 aliphatic carbocycles. The molecule has 4 nitrogen and oxygen atoms in total. The van der Waals surface area contributed by atoms with E-state index in [0.29, 0.717) is 6.04 Å². The van der Waals surface area contributed by atoms with Gasteiger partial charge in [-0.1, -0.05) is 20.8 Å². The van der Waals surface area contributed by atoms with Gasteiger partial charge < -0.3 is 10.1 Å². The van der Waals surface area contributed by atoms with E-state index >= 15 is 0 Å². The zero-order valence-electron chi connectivity index (χ0n) is 14.1. The highest BCUT2D eigenvalue weighted by Gasteiger charge is 2.34. The molecule has 1 aromatic rings. The van der Waals surface area contributed by atoms with Crippen LogP contribution in [-0.4, -0.2) is 28.0 Å². The SMILES string of the molecule is CCc1cc(CNC2CCOC(CC)(CC)C2)n(CC)n1.